The lowest BCUT2D eigenvalue weighted by Crippen LogP contribution is -2.20. The van der Waals surface area contributed by atoms with Crippen LogP contribution < -0.4 is 5.56 Å². The zero-order chi connectivity index (χ0) is 18.4. The molecule has 0 atom stereocenters. The van der Waals surface area contributed by atoms with E-state index in [4.69, 9.17) is 23.2 Å². The highest BCUT2D eigenvalue weighted by Gasteiger charge is 2.18. The number of carbonyl (C=O) groups excluding carboxylic acids is 1. The first kappa shape index (κ1) is 16.5. The highest BCUT2D eigenvalue weighted by Crippen LogP contribution is 2.24. The maximum Gasteiger partial charge on any atom is 0.343 e. The Morgan fingerprint density at radius 2 is 2.00 bits per heavy atom. The fraction of sp³-hybridized carbons (Fsp3) is 0.0625. The van der Waals surface area contributed by atoms with E-state index in [0.29, 0.717) is 21.2 Å². The Kier molecular flexibility index (Phi) is 3.86. The summed E-state index contributed by atoms with van der Waals surface area (Å²) in [7, 11) is 1.26. The highest BCUT2D eigenvalue weighted by molar-refractivity contribution is 6.35. The highest BCUT2D eigenvalue weighted by atomic mass is 35.5. The molecule has 10 heteroatoms. The normalized spacial score (nSPS) is 11.2. The van der Waals surface area contributed by atoms with E-state index in [-0.39, 0.29) is 16.7 Å². The molecule has 26 heavy (non-hydrogen) atoms. The molecule has 0 unspecified atom stereocenters. The fourth-order valence-electron chi connectivity index (χ4n) is 2.61. The van der Waals surface area contributed by atoms with Crippen molar-refractivity contribution in [2.75, 3.05) is 7.11 Å². The summed E-state index contributed by atoms with van der Waals surface area (Å²) in [4.78, 5) is 24.6. The number of esters is 1. The zero-order valence-corrected chi connectivity index (χ0v) is 14.7. The third-order valence-corrected chi connectivity index (χ3v) is 4.37. The van der Waals surface area contributed by atoms with Crippen LogP contribution in [0.5, 0.6) is 0 Å². The lowest BCUT2D eigenvalue weighted by Gasteiger charge is -2.09. The van der Waals surface area contributed by atoms with Gasteiger partial charge in [0, 0.05) is 11.2 Å². The molecule has 0 aliphatic carbocycles. The van der Waals surface area contributed by atoms with Gasteiger partial charge in [-0.3, -0.25) is 9.36 Å². The first-order valence-corrected chi connectivity index (χ1v) is 8.06. The molecule has 0 spiro atoms. The van der Waals surface area contributed by atoms with Crippen LogP contribution in [-0.4, -0.2) is 37.5 Å². The third-order valence-electron chi connectivity index (χ3n) is 3.84. The maximum absolute atomic E-state index is 12.8. The van der Waals surface area contributed by atoms with Crippen molar-refractivity contribution in [1.29, 1.82) is 0 Å². The predicted octanol–water partition coefficient (Wildman–Crippen LogP) is 2.52. The molecule has 0 radical (unpaired) electrons. The van der Waals surface area contributed by atoms with Crippen molar-refractivity contribution in [2.45, 2.75) is 0 Å². The van der Waals surface area contributed by atoms with Crippen LogP contribution in [0.1, 0.15) is 10.4 Å². The predicted molar refractivity (Wildman–Crippen MR) is 95.2 cm³/mol. The Hall–Kier alpha value is -2.97. The largest absolute Gasteiger partial charge is 0.465 e. The summed E-state index contributed by atoms with van der Waals surface area (Å²) >= 11 is 12.1. The number of halogens is 2. The molecule has 0 amide bonds. The molecule has 8 nitrogen and oxygen atoms in total. The van der Waals surface area contributed by atoms with Gasteiger partial charge in [-0.05, 0) is 24.3 Å². The van der Waals surface area contributed by atoms with E-state index >= 15 is 0 Å². The van der Waals surface area contributed by atoms with Crippen LogP contribution in [0.15, 0.2) is 41.5 Å². The quantitative estimate of drug-likeness (QED) is 0.489. The van der Waals surface area contributed by atoms with Crippen molar-refractivity contribution >= 4 is 45.9 Å². The van der Waals surface area contributed by atoms with Gasteiger partial charge in [-0.15, -0.1) is 10.2 Å². The Balaban J connectivity index is 1.98. The van der Waals surface area contributed by atoms with Crippen molar-refractivity contribution in [2.24, 2.45) is 0 Å². The summed E-state index contributed by atoms with van der Waals surface area (Å²) in [6, 6.07) is 6.44. The van der Waals surface area contributed by atoms with Crippen LogP contribution in [0.2, 0.25) is 10.0 Å². The number of methoxy groups -OCH3 is 1. The van der Waals surface area contributed by atoms with Crippen LogP contribution in [0.3, 0.4) is 0 Å². The molecule has 0 aliphatic heterocycles. The number of aromatic nitrogens is 5. The van der Waals surface area contributed by atoms with Gasteiger partial charge in [0.2, 0.25) is 0 Å². The minimum atomic E-state index is -0.588. The lowest BCUT2D eigenvalue weighted by atomic mass is 10.3. The molecular formula is C16H9Cl2N5O3. The van der Waals surface area contributed by atoms with Crippen LogP contribution >= 0.6 is 23.2 Å². The van der Waals surface area contributed by atoms with E-state index < -0.39 is 11.5 Å². The van der Waals surface area contributed by atoms with E-state index in [1.54, 1.807) is 30.5 Å². The van der Waals surface area contributed by atoms with Crippen molar-refractivity contribution in [1.82, 2.24) is 24.4 Å². The van der Waals surface area contributed by atoms with Crippen LogP contribution in [0.25, 0.3) is 22.4 Å². The summed E-state index contributed by atoms with van der Waals surface area (Å²) < 4.78 is 7.39. The van der Waals surface area contributed by atoms with Gasteiger partial charge < -0.3 is 4.74 Å². The van der Waals surface area contributed by atoms with Crippen LogP contribution in [-0.2, 0) is 4.74 Å². The number of fused-ring (bicyclic) bond motifs is 3. The summed E-state index contributed by atoms with van der Waals surface area (Å²) in [5.74, 6) is -0.588. The van der Waals surface area contributed by atoms with Gasteiger partial charge in [0.1, 0.15) is 11.1 Å². The average Bonchev–Trinajstić information content (AvgIpc) is 3.06. The first-order chi connectivity index (χ1) is 12.5. The van der Waals surface area contributed by atoms with Gasteiger partial charge in [0.05, 0.1) is 24.0 Å². The number of pyridine rings is 1. The van der Waals surface area contributed by atoms with E-state index in [1.807, 2.05) is 0 Å². The average molecular weight is 390 g/mol. The number of rotatable bonds is 2. The van der Waals surface area contributed by atoms with Gasteiger partial charge in [0.25, 0.3) is 5.56 Å². The van der Waals surface area contributed by atoms with Crippen LogP contribution in [0.4, 0.5) is 0 Å². The van der Waals surface area contributed by atoms with Gasteiger partial charge in [0.15, 0.2) is 11.2 Å². The maximum atomic E-state index is 12.8. The SMILES string of the molecule is COC(=O)c1cnn2c1nnc1c(=O)n(-c3ccc(Cl)cc3Cl)ccc12. The fourth-order valence-corrected chi connectivity index (χ4v) is 3.11. The van der Waals surface area contributed by atoms with E-state index in [0.717, 1.165) is 0 Å². The summed E-state index contributed by atoms with van der Waals surface area (Å²) in [5.41, 5.74) is 0.858. The number of carbonyl (C=O) groups is 1. The number of ether oxygens (including phenoxy) is 1. The van der Waals surface area contributed by atoms with Gasteiger partial charge in [-0.25, -0.2) is 9.31 Å². The second-order valence-electron chi connectivity index (χ2n) is 5.31. The molecule has 4 rings (SSSR count). The molecule has 0 N–H and O–H groups in total. The molecule has 130 valence electrons. The molecular weight excluding hydrogens is 381 g/mol. The Morgan fingerprint density at radius 3 is 2.73 bits per heavy atom. The molecule has 0 bridgehead atoms. The van der Waals surface area contributed by atoms with Gasteiger partial charge in [-0.2, -0.15) is 5.10 Å². The number of hydrogen-bond acceptors (Lipinski definition) is 6. The Bertz CT molecular complexity index is 1250. The second kappa shape index (κ2) is 6.08. The molecule has 0 aliphatic rings. The second-order valence-corrected chi connectivity index (χ2v) is 6.15. The smallest absolute Gasteiger partial charge is 0.343 e. The van der Waals surface area contributed by atoms with Crippen molar-refractivity contribution in [3.8, 4) is 5.69 Å². The first-order valence-electron chi connectivity index (χ1n) is 7.31. The Morgan fingerprint density at radius 1 is 1.19 bits per heavy atom. The minimum Gasteiger partial charge on any atom is -0.465 e. The van der Waals surface area contributed by atoms with E-state index in [1.165, 1.54) is 22.4 Å². The topological polar surface area (TPSA) is 91.4 Å². The van der Waals surface area contributed by atoms with E-state index in [9.17, 15) is 9.59 Å². The lowest BCUT2D eigenvalue weighted by molar-refractivity contribution is 0.0602. The van der Waals surface area contributed by atoms with Crippen molar-refractivity contribution < 1.29 is 9.53 Å². The molecule has 3 aromatic heterocycles. The summed E-state index contributed by atoms with van der Waals surface area (Å²) in [5, 5.41) is 12.8. The molecule has 0 fully saturated rings. The number of hydrogen-bond donors (Lipinski definition) is 0. The molecule has 3 heterocycles. The number of nitrogens with zero attached hydrogens (tertiary/aromatic N) is 5. The third kappa shape index (κ3) is 2.42. The zero-order valence-electron chi connectivity index (χ0n) is 13.2. The standard InChI is InChI=1S/C16H9Cl2N5O3/c1-26-16(25)9-7-19-23-12-4-5-22(11-3-2-8(17)6-10(11)18)15(24)13(12)20-21-14(9)23/h2-7H,1H3. The summed E-state index contributed by atoms with van der Waals surface area (Å²) in [6.45, 7) is 0. The van der Waals surface area contributed by atoms with E-state index in [2.05, 4.69) is 20.0 Å². The molecule has 1 aromatic carbocycles. The van der Waals surface area contributed by atoms with Crippen molar-refractivity contribution in [3.05, 3.63) is 62.6 Å². The summed E-state index contributed by atoms with van der Waals surface area (Å²) in [6.07, 6.45) is 2.86. The molecule has 0 saturated heterocycles. The van der Waals surface area contributed by atoms with Gasteiger partial charge in [-0.1, -0.05) is 23.2 Å². The van der Waals surface area contributed by atoms with Crippen LogP contribution in [0, 0.1) is 0 Å². The molecule has 0 saturated carbocycles. The Labute approximate surface area is 155 Å². The molecule has 4 aromatic rings. The van der Waals surface area contributed by atoms with Gasteiger partial charge >= 0.3 is 5.97 Å². The monoisotopic (exact) mass is 389 g/mol. The number of benzene rings is 1. The minimum absolute atomic E-state index is 0.0746. The van der Waals surface area contributed by atoms with Crippen molar-refractivity contribution in [3.63, 3.8) is 0 Å².